The van der Waals surface area contributed by atoms with Gasteiger partial charge in [0.2, 0.25) is 0 Å². The van der Waals surface area contributed by atoms with Crippen LogP contribution in [0.3, 0.4) is 0 Å². The summed E-state index contributed by atoms with van der Waals surface area (Å²) in [6, 6.07) is 9.98. The van der Waals surface area contributed by atoms with Crippen LogP contribution in [0.25, 0.3) is 16.8 Å². The van der Waals surface area contributed by atoms with Crippen molar-refractivity contribution in [3.8, 4) is 22.8 Å². The summed E-state index contributed by atoms with van der Waals surface area (Å²) in [6.45, 7) is 2.26. The number of benzene rings is 1. The highest BCUT2D eigenvalue weighted by atomic mass is 35.5. The van der Waals surface area contributed by atoms with Crippen LogP contribution in [0, 0.1) is 11.8 Å². The lowest BCUT2D eigenvalue weighted by atomic mass is 10.1. The molecular weight excluding hydrogens is 430 g/mol. The van der Waals surface area contributed by atoms with Crippen molar-refractivity contribution in [3.05, 3.63) is 35.4 Å². The standard InChI is InChI=1S/C24H28ClN3O2S/c1-29-20-11-17(25)12-21(30-2)22(20)18-5-4-6-19-23(24(31-3)26-28(18)19)27(13-15-7-8-15)14-16-9-10-16/h4-6,11-12,15-16H,7-10,13-14H2,1-3H3. The number of anilines is 1. The molecule has 0 bridgehead atoms. The summed E-state index contributed by atoms with van der Waals surface area (Å²) >= 11 is 8.01. The van der Waals surface area contributed by atoms with Gasteiger partial charge in [-0.05, 0) is 68.0 Å². The number of halogens is 1. The normalized spacial score (nSPS) is 16.0. The molecule has 5 rings (SSSR count). The fraction of sp³-hybridized carbons (Fsp3) is 0.458. The molecule has 2 fully saturated rings. The summed E-state index contributed by atoms with van der Waals surface area (Å²) in [7, 11) is 3.31. The molecule has 0 atom stereocenters. The number of hydrogen-bond acceptors (Lipinski definition) is 5. The maximum absolute atomic E-state index is 6.29. The molecule has 2 aliphatic carbocycles. The highest BCUT2D eigenvalue weighted by Gasteiger charge is 2.32. The second-order valence-corrected chi connectivity index (χ2v) is 9.77. The van der Waals surface area contributed by atoms with Crippen LogP contribution in [0.2, 0.25) is 5.02 Å². The minimum Gasteiger partial charge on any atom is -0.496 e. The predicted molar refractivity (Wildman–Crippen MR) is 128 cm³/mol. The number of fused-ring (bicyclic) bond motifs is 1. The zero-order valence-electron chi connectivity index (χ0n) is 18.2. The van der Waals surface area contributed by atoms with E-state index in [2.05, 4.69) is 29.4 Å². The van der Waals surface area contributed by atoms with E-state index < -0.39 is 0 Å². The van der Waals surface area contributed by atoms with Crippen molar-refractivity contribution in [1.29, 1.82) is 0 Å². The number of aromatic nitrogens is 2. The third-order valence-electron chi connectivity index (χ3n) is 6.19. The molecule has 0 N–H and O–H groups in total. The van der Waals surface area contributed by atoms with Gasteiger partial charge >= 0.3 is 0 Å². The summed E-state index contributed by atoms with van der Waals surface area (Å²) in [5.74, 6) is 2.99. The quantitative estimate of drug-likeness (QED) is 0.367. The molecule has 2 saturated carbocycles. The molecule has 31 heavy (non-hydrogen) atoms. The maximum Gasteiger partial charge on any atom is 0.142 e. The van der Waals surface area contributed by atoms with Gasteiger partial charge in [-0.2, -0.15) is 5.10 Å². The van der Waals surface area contributed by atoms with Crippen LogP contribution < -0.4 is 14.4 Å². The Morgan fingerprint density at radius 2 is 1.68 bits per heavy atom. The first-order chi connectivity index (χ1) is 15.1. The average molecular weight is 458 g/mol. The van der Waals surface area contributed by atoms with Crippen molar-refractivity contribution >= 4 is 34.6 Å². The maximum atomic E-state index is 6.29. The number of thioether (sulfide) groups is 1. The minimum absolute atomic E-state index is 0.579. The van der Waals surface area contributed by atoms with Gasteiger partial charge in [0, 0.05) is 18.1 Å². The van der Waals surface area contributed by atoms with Crippen LogP contribution in [0.4, 0.5) is 5.69 Å². The van der Waals surface area contributed by atoms with Gasteiger partial charge in [-0.25, -0.2) is 4.52 Å². The summed E-state index contributed by atoms with van der Waals surface area (Å²) < 4.78 is 13.4. The first kappa shape index (κ1) is 20.8. The van der Waals surface area contributed by atoms with Crippen molar-refractivity contribution in [2.24, 2.45) is 11.8 Å². The van der Waals surface area contributed by atoms with E-state index in [1.807, 2.05) is 16.6 Å². The molecule has 5 nitrogen and oxygen atoms in total. The van der Waals surface area contributed by atoms with Gasteiger partial charge in [0.1, 0.15) is 16.5 Å². The van der Waals surface area contributed by atoms with E-state index in [-0.39, 0.29) is 0 Å². The van der Waals surface area contributed by atoms with Crippen LogP contribution in [0.5, 0.6) is 11.5 Å². The van der Waals surface area contributed by atoms with Crippen LogP contribution in [-0.2, 0) is 0 Å². The first-order valence-corrected chi connectivity index (χ1v) is 12.5. The van der Waals surface area contributed by atoms with E-state index in [4.69, 9.17) is 26.2 Å². The van der Waals surface area contributed by atoms with Crippen molar-refractivity contribution in [2.45, 2.75) is 30.7 Å². The highest BCUT2D eigenvalue weighted by Crippen LogP contribution is 2.44. The topological polar surface area (TPSA) is 39.0 Å². The Labute approximate surface area is 192 Å². The lowest BCUT2D eigenvalue weighted by Gasteiger charge is -2.25. The molecular formula is C24H28ClN3O2S. The number of rotatable bonds is 9. The Morgan fingerprint density at radius 3 is 2.19 bits per heavy atom. The molecule has 1 aromatic carbocycles. The molecule has 0 spiro atoms. The molecule has 0 radical (unpaired) electrons. The lowest BCUT2D eigenvalue weighted by Crippen LogP contribution is -2.28. The second-order valence-electron chi connectivity index (χ2n) is 8.54. The van der Waals surface area contributed by atoms with Crippen LogP contribution >= 0.6 is 23.4 Å². The summed E-state index contributed by atoms with van der Waals surface area (Å²) in [5.41, 5.74) is 4.18. The molecule has 0 saturated heterocycles. The van der Waals surface area contributed by atoms with Gasteiger partial charge in [0.15, 0.2) is 0 Å². The molecule has 2 aromatic heterocycles. The SMILES string of the molecule is COc1cc(Cl)cc(OC)c1-c1cccc2c(N(CC3CC3)CC3CC3)c(SC)nn12. The molecule has 2 heterocycles. The van der Waals surface area contributed by atoms with E-state index in [9.17, 15) is 0 Å². The number of hydrogen-bond donors (Lipinski definition) is 0. The fourth-order valence-corrected chi connectivity index (χ4v) is 5.06. The van der Waals surface area contributed by atoms with Crippen LogP contribution in [0.15, 0.2) is 35.4 Å². The van der Waals surface area contributed by atoms with Crippen molar-refractivity contribution < 1.29 is 9.47 Å². The molecule has 7 heteroatoms. The highest BCUT2D eigenvalue weighted by molar-refractivity contribution is 7.98. The lowest BCUT2D eigenvalue weighted by molar-refractivity contribution is 0.397. The van der Waals surface area contributed by atoms with Gasteiger partial charge < -0.3 is 14.4 Å². The number of nitrogens with zero attached hydrogens (tertiary/aromatic N) is 3. The smallest absolute Gasteiger partial charge is 0.142 e. The third kappa shape index (κ3) is 4.08. The fourth-order valence-electron chi connectivity index (χ4n) is 4.27. The zero-order chi connectivity index (χ0) is 21.5. The Bertz CT molecular complexity index is 1070. The second kappa shape index (κ2) is 8.47. The van der Waals surface area contributed by atoms with E-state index >= 15 is 0 Å². The van der Waals surface area contributed by atoms with Gasteiger partial charge in [-0.15, -0.1) is 11.8 Å². The summed E-state index contributed by atoms with van der Waals surface area (Å²) in [4.78, 5) is 2.60. The molecule has 0 unspecified atom stereocenters. The van der Waals surface area contributed by atoms with E-state index in [1.165, 1.54) is 31.4 Å². The number of ether oxygens (including phenoxy) is 2. The Kier molecular flexibility index (Phi) is 5.69. The summed E-state index contributed by atoms with van der Waals surface area (Å²) in [6.07, 6.45) is 7.50. The van der Waals surface area contributed by atoms with Crippen molar-refractivity contribution in [2.75, 3.05) is 38.5 Å². The summed E-state index contributed by atoms with van der Waals surface area (Å²) in [5, 5.41) is 6.70. The Morgan fingerprint density at radius 1 is 1.06 bits per heavy atom. The van der Waals surface area contributed by atoms with E-state index in [0.29, 0.717) is 16.5 Å². The molecule has 2 aliphatic rings. The molecule has 3 aromatic rings. The van der Waals surface area contributed by atoms with Crippen molar-refractivity contribution in [1.82, 2.24) is 9.61 Å². The van der Waals surface area contributed by atoms with Gasteiger partial charge in [0.25, 0.3) is 0 Å². The average Bonchev–Trinajstić information content (AvgIpc) is 3.71. The molecule has 0 amide bonds. The van der Waals surface area contributed by atoms with Gasteiger partial charge in [0.05, 0.1) is 36.7 Å². The van der Waals surface area contributed by atoms with Crippen molar-refractivity contribution in [3.63, 3.8) is 0 Å². The minimum atomic E-state index is 0.579. The Hall–Kier alpha value is -2.05. The van der Waals surface area contributed by atoms with E-state index in [1.54, 1.807) is 26.0 Å². The third-order valence-corrected chi connectivity index (χ3v) is 7.07. The monoisotopic (exact) mass is 457 g/mol. The number of methoxy groups -OCH3 is 2. The Balaban J connectivity index is 1.69. The van der Waals surface area contributed by atoms with E-state index in [0.717, 1.165) is 46.7 Å². The molecule has 164 valence electrons. The van der Waals surface area contributed by atoms with Crippen LogP contribution in [-0.4, -0.2) is 43.2 Å². The van der Waals surface area contributed by atoms with Gasteiger partial charge in [-0.3, -0.25) is 0 Å². The largest absolute Gasteiger partial charge is 0.496 e. The van der Waals surface area contributed by atoms with Gasteiger partial charge in [-0.1, -0.05) is 17.7 Å². The molecule has 0 aliphatic heterocycles. The number of pyridine rings is 1. The first-order valence-electron chi connectivity index (χ1n) is 10.9. The zero-order valence-corrected chi connectivity index (χ0v) is 19.8. The predicted octanol–water partition coefficient (Wildman–Crippen LogP) is 6.02. The van der Waals surface area contributed by atoms with Crippen LogP contribution in [0.1, 0.15) is 25.7 Å².